The van der Waals surface area contributed by atoms with Crippen molar-refractivity contribution in [3.63, 3.8) is 0 Å². The van der Waals surface area contributed by atoms with Crippen LogP contribution in [0.15, 0.2) is 30.7 Å². The molecule has 0 radical (unpaired) electrons. The molecule has 0 aliphatic heterocycles. The van der Waals surface area contributed by atoms with E-state index in [1.165, 1.54) is 7.11 Å². The number of aromatic nitrogens is 3. The monoisotopic (exact) mass is 231 g/mol. The Labute approximate surface area is 99.1 Å². The highest BCUT2D eigenvalue weighted by Crippen LogP contribution is 2.17. The number of nitrogens with zero attached hydrogens (tertiary/aromatic N) is 3. The lowest BCUT2D eigenvalue weighted by Crippen LogP contribution is -2.04. The van der Waals surface area contributed by atoms with Gasteiger partial charge in [-0.1, -0.05) is 0 Å². The maximum absolute atomic E-state index is 12.2. The van der Waals surface area contributed by atoms with Gasteiger partial charge in [-0.2, -0.15) is 5.10 Å². The van der Waals surface area contributed by atoms with E-state index < -0.39 is 0 Å². The van der Waals surface area contributed by atoms with E-state index >= 15 is 0 Å². The number of rotatable bonds is 4. The van der Waals surface area contributed by atoms with Crippen LogP contribution in [0.3, 0.4) is 0 Å². The van der Waals surface area contributed by atoms with E-state index in [1.807, 2.05) is 6.92 Å². The van der Waals surface area contributed by atoms with E-state index in [4.69, 9.17) is 4.74 Å². The standard InChI is InChI=1S/C12H13N3O2/c1-3-15-8-9(7-14-15)11(16)10-5-4-6-13-12(10)17-2/h4-8H,3H2,1-2H3. The van der Waals surface area contributed by atoms with Crippen LogP contribution in [0.1, 0.15) is 22.8 Å². The molecule has 5 nitrogen and oxygen atoms in total. The van der Waals surface area contributed by atoms with Crippen molar-refractivity contribution in [2.24, 2.45) is 0 Å². The molecule has 2 aromatic heterocycles. The van der Waals surface area contributed by atoms with Gasteiger partial charge in [-0.15, -0.1) is 0 Å². The van der Waals surface area contributed by atoms with Gasteiger partial charge in [0.15, 0.2) is 0 Å². The predicted octanol–water partition coefficient (Wildman–Crippen LogP) is 1.54. The summed E-state index contributed by atoms with van der Waals surface area (Å²) in [5, 5.41) is 4.07. The average molecular weight is 231 g/mol. The van der Waals surface area contributed by atoms with Crippen molar-refractivity contribution in [3.8, 4) is 5.88 Å². The minimum absolute atomic E-state index is 0.130. The lowest BCUT2D eigenvalue weighted by Gasteiger charge is -2.03. The summed E-state index contributed by atoms with van der Waals surface area (Å²) in [4.78, 5) is 16.2. The fraction of sp³-hybridized carbons (Fsp3) is 0.250. The first-order valence-electron chi connectivity index (χ1n) is 5.32. The number of hydrogen-bond acceptors (Lipinski definition) is 4. The van der Waals surface area contributed by atoms with Crippen LogP contribution in [0.25, 0.3) is 0 Å². The molecule has 0 aromatic carbocycles. The zero-order valence-corrected chi connectivity index (χ0v) is 9.75. The van der Waals surface area contributed by atoms with Crippen LogP contribution < -0.4 is 4.74 Å². The van der Waals surface area contributed by atoms with E-state index in [0.717, 1.165) is 6.54 Å². The molecule has 17 heavy (non-hydrogen) atoms. The first-order chi connectivity index (χ1) is 8.26. The molecular formula is C12H13N3O2. The van der Waals surface area contributed by atoms with Crippen LogP contribution in [-0.2, 0) is 6.54 Å². The molecule has 0 bridgehead atoms. The third-order valence-corrected chi connectivity index (χ3v) is 2.43. The smallest absolute Gasteiger partial charge is 0.224 e. The highest BCUT2D eigenvalue weighted by Gasteiger charge is 2.16. The Balaban J connectivity index is 2.36. The number of methoxy groups -OCH3 is 1. The lowest BCUT2D eigenvalue weighted by molar-refractivity contribution is 0.103. The van der Waals surface area contributed by atoms with Crippen LogP contribution in [0.4, 0.5) is 0 Å². The molecule has 0 spiro atoms. The largest absolute Gasteiger partial charge is 0.480 e. The topological polar surface area (TPSA) is 57.0 Å². The van der Waals surface area contributed by atoms with Crippen LogP contribution in [0.2, 0.25) is 0 Å². The Morgan fingerprint density at radius 2 is 2.35 bits per heavy atom. The molecular weight excluding hydrogens is 218 g/mol. The van der Waals surface area contributed by atoms with Gasteiger partial charge in [0.25, 0.3) is 0 Å². The summed E-state index contributed by atoms with van der Waals surface area (Å²) in [5.41, 5.74) is 0.990. The zero-order chi connectivity index (χ0) is 12.3. The normalized spacial score (nSPS) is 10.2. The van der Waals surface area contributed by atoms with Crippen molar-refractivity contribution >= 4 is 5.78 Å². The Bertz CT molecular complexity index is 534. The third kappa shape index (κ3) is 2.18. The van der Waals surface area contributed by atoms with Gasteiger partial charge < -0.3 is 4.74 Å². The highest BCUT2D eigenvalue weighted by molar-refractivity contribution is 6.10. The number of ketones is 1. The minimum Gasteiger partial charge on any atom is -0.480 e. The molecule has 0 fully saturated rings. The summed E-state index contributed by atoms with van der Waals surface area (Å²) in [6.07, 6.45) is 4.86. The summed E-state index contributed by atoms with van der Waals surface area (Å²) in [6.45, 7) is 2.70. The van der Waals surface area contributed by atoms with Crippen molar-refractivity contribution < 1.29 is 9.53 Å². The second kappa shape index (κ2) is 4.78. The fourth-order valence-corrected chi connectivity index (χ4v) is 1.54. The number of ether oxygens (including phenoxy) is 1. The number of aryl methyl sites for hydroxylation is 1. The third-order valence-electron chi connectivity index (χ3n) is 2.43. The summed E-state index contributed by atoms with van der Waals surface area (Å²) in [7, 11) is 1.49. The summed E-state index contributed by atoms with van der Waals surface area (Å²) in [5.74, 6) is 0.205. The molecule has 0 saturated carbocycles. The molecule has 2 heterocycles. The summed E-state index contributed by atoms with van der Waals surface area (Å²) < 4.78 is 6.77. The van der Waals surface area contributed by atoms with Gasteiger partial charge in [0.2, 0.25) is 11.7 Å². The SMILES string of the molecule is CCn1cc(C(=O)c2cccnc2OC)cn1. The molecule has 0 aliphatic rings. The second-order valence-corrected chi connectivity index (χ2v) is 3.47. The van der Waals surface area contributed by atoms with Crippen LogP contribution in [-0.4, -0.2) is 27.7 Å². The molecule has 2 aromatic rings. The summed E-state index contributed by atoms with van der Waals surface area (Å²) >= 11 is 0. The number of carbonyl (C=O) groups excluding carboxylic acids is 1. The van der Waals surface area contributed by atoms with Crippen LogP contribution in [0.5, 0.6) is 5.88 Å². The van der Waals surface area contributed by atoms with Gasteiger partial charge in [-0.25, -0.2) is 4.98 Å². The molecule has 0 aliphatic carbocycles. The number of pyridine rings is 1. The molecule has 0 unspecified atom stereocenters. The van der Waals surface area contributed by atoms with E-state index in [1.54, 1.807) is 35.4 Å². The first-order valence-corrected chi connectivity index (χ1v) is 5.32. The summed E-state index contributed by atoms with van der Waals surface area (Å²) in [6, 6.07) is 3.40. The highest BCUT2D eigenvalue weighted by atomic mass is 16.5. The van der Waals surface area contributed by atoms with Gasteiger partial charge >= 0.3 is 0 Å². The maximum atomic E-state index is 12.2. The Morgan fingerprint density at radius 1 is 1.53 bits per heavy atom. The van der Waals surface area contributed by atoms with Gasteiger partial charge in [-0.3, -0.25) is 9.48 Å². The van der Waals surface area contributed by atoms with Gasteiger partial charge in [0, 0.05) is 18.9 Å². The van der Waals surface area contributed by atoms with Crippen LogP contribution >= 0.6 is 0 Å². The van der Waals surface area contributed by atoms with Crippen molar-refractivity contribution in [3.05, 3.63) is 41.9 Å². The van der Waals surface area contributed by atoms with Crippen LogP contribution in [0, 0.1) is 0 Å². The molecule has 0 amide bonds. The fourth-order valence-electron chi connectivity index (χ4n) is 1.54. The van der Waals surface area contributed by atoms with Gasteiger partial charge in [0.1, 0.15) is 0 Å². The van der Waals surface area contributed by atoms with E-state index in [-0.39, 0.29) is 5.78 Å². The van der Waals surface area contributed by atoms with Crippen molar-refractivity contribution in [2.45, 2.75) is 13.5 Å². The van der Waals surface area contributed by atoms with Crippen molar-refractivity contribution in [1.82, 2.24) is 14.8 Å². The first kappa shape index (κ1) is 11.3. The Kier molecular flexibility index (Phi) is 3.18. The van der Waals surface area contributed by atoms with E-state index in [0.29, 0.717) is 17.0 Å². The molecule has 5 heteroatoms. The quantitative estimate of drug-likeness (QED) is 0.749. The van der Waals surface area contributed by atoms with Crippen molar-refractivity contribution in [1.29, 1.82) is 0 Å². The average Bonchev–Trinajstić information content (AvgIpc) is 2.86. The zero-order valence-electron chi connectivity index (χ0n) is 9.75. The second-order valence-electron chi connectivity index (χ2n) is 3.47. The predicted molar refractivity (Wildman–Crippen MR) is 62.1 cm³/mol. The Hall–Kier alpha value is -2.17. The maximum Gasteiger partial charge on any atom is 0.224 e. The molecule has 2 rings (SSSR count). The molecule has 88 valence electrons. The van der Waals surface area contributed by atoms with E-state index in [9.17, 15) is 4.79 Å². The Morgan fingerprint density at radius 3 is 3.00 bits per heavy atom. The lowest BCUT2D eigenvalue weighted by atomic mass is 10.1. The van der Waals surface area contributed by atoms with Crippen molar-refractivity contribution in [2.75, 3.05) is 7.11 Å². The minimum atomic E-state index is -0.130. The molecule has 0 saturated heterocycles. The van der Waals surface area contributed by atoms with Gasteiger partial charge in [0.05, 0.1) is 24.4 Å². The molecule has 0 atom stereocenters. The number of carbonyl (C=O) groups is 1. The number of hydrogen-bond donors (Lipinski definition) is 0. The van der Waals surface area contributed by atoms with Gasteiger partial charge in [-0.05, 0) is 19.1 Å². The molecule has 0 N–H and O–H groups in total. The van der Waals surface area contributed by atoms with E-state index in [2.05, 4.69) is 10.1 Å².